The quantitative estimate of drug-likeness (QED) is 0.0957. The molecule has 1 aliphatic rings. The molecule has 0 atom stereocenters. The molecule has 14 nitrogen and oxygen atoms in total. The Morgan fingerprint density at radius 2 is 0.980 bits per heavy atom. The molecular formula is C35H68N4O10. The molecule has 0 aromatic carbocycles. The van der Waals surface area contributed by atoms with E-state index >= 15 is 0 Å². The summed E-state index contributed by atoms with van der Waals surface area (Å²) in [6, 6.07) is 0. The minimum absolute atomic E-state index is 0.385. The molecule has 1 fully saturated rings. The lowest BCUT2D eigenvalue weighted by Crippen LogP contribution is -2.34. The van der Waals surface area contributed by atoms with Crippen LogP contribution in [-0.4, -0.2) is 165 Å². The highest BCUT2D eigenvalue weighted by Crippen LogP contribution is 2.15. The van der Waals surface area contributed by atoms with Crippen LogP contribution >= 0.6 is 0 Å². The lowest BCUT2D eigenvalue weighted by molar-refractivity contribution is 0.00253. The van der Waals surface area contributed by atoms with Gasteiger partial charge in [0.1, 0.15) is 11.2 Å². The van der Waals surface area contributed by atoms with E-state index in [0.29, 0.717) is 92.4 Å². The van der Waals surface area contributed by atoms with Crippen LogP contribution in [0.1, 0.15) is 60.8 Å². The van der Waals surface area contributed by atoms with Crippen molar-refractivity contribution < 1.29 is 47.5 Å². The summed E-state index contributed by atoms with van der Waals surface area (Å²) in [6.45, 7) is 22.5. The van der Waals surface area contributed by atoms with Gasteiger partial charge in [-0.15, -0.1) is 0 Å². The Hall–Kier alpha value is -2.04. The Morgan fingerprint density at radius 1 is 0.612 bits per heavy atom. The second-order valence-electron chi connectivity index (χ2n) is 13.8. The van der Waals surface area contributed by atoms with Gasteiger partial charge in [-0.3, -0.25) is 4.90 Å². The fourth-order valence-electron chi connectivity index (χ4n) is 4.45. The summed E-state index contributed by atoms with van der Waals surface area (Å²) in [5, 5.41) is 5.32. The van der Waals surface area contributed by atoms with Gasteiger partial charge >= 0.3 is 12.2 Å². The molecule has 0 aromatic heterocycles. The summed E-state index contributed by atoms with van der Waals surface area (Å²) >= 11 is 0. The minimum atomic E-state index is -0.515. The van der Waals surface area contributed by atoms with Gasteiger partial charge in [0.05, 0.1) is 79.3 Å². The molecule has 0 aromatic rings. The first kappa shape index (κ1) is 45.0. The molecule has 14 heteroatoms. The fourth-order valence-corrected chi connectivity index (χ4v) is 4.45. The topological polar surface area (TPSA) is 139 Å². The van der Waals surface area contributed by atoms with Crippen LogP contribution in [0.4, 0.5) is 9.59 Å². The van der Waals surface area contributed by atoms with Gasteiger partial charge in [0.15, 0.2) is 0 Å². The number of alkyl carbamates (subject to hydrolysis) is 2. The number of piperidine rings is 1. The van der Waals surface area contributed by atoms with Gasteiger partial charge in [0.2, 0.25) is 0 Å². The number of nitrogens with one attached hydrogen (secondary N) is 2. The third-order valence-corrected chi connectivity index (χ3v) is 6.93. The van der Waals surface area contributed by atoms with Gasteiger partial charge in [-0.1, -0.05) is 11.6 Å². The standard InChI is InChI=1S/C35H68N4O10/c1-34(2,3)48-32(40)36-12-19-42-23-27-46-29-25-44-21-17-39(14-8-9-31-10-15-38(7)16-11-31)18-22-45-26-30-47-28-24-43-20-13-37-33(41)49-35(4,5)6/h9H,8,10-30H2,1-7H3,(H,36,40)(H,37,41). The molecule has 2 amide bonds. The highest BCUT2D eigenvalue weighted by molar-refractivity contribution is 5.67. The van der Waals surface area contributed by atoms with Crippen molar-refractivity contribution in [3.8, 4) is 0 Å². The first-order valence-corrected chi connectivity index (χ1v) is 17.8. The average molecular weight is 705 g/mol. The lowest BCUT2D eigenvalue weighted by Gasteiger charge is -2.25. The van der Waals surface area contributed by atoms with Crippen molar-refractivity contribution in [1.82, 2.24) is 20.4 Å². The normalized spacial score (nSPS) is 14.2. The van der Waals surface area contributed by atoms with E-state index in [1.807, 2.05) is 41.5 Å². The highest BCUT2D eigenvalue weighted by atomic mass is 16.6. The predicted octanol–water partition coefficient (Wildman–Crippen LogP) is 3.48. The number of hydrogen-bond donors (Lipinski definition) is 2. The van der Waals surface area contributed by atoms with Crippen molar-refractivity contribution in [2.75, 3.05) is 132 Å². The molecule has 0 bridgehead atoms. The molecule has 0 radical (unpaired) electrons. The molecule has 0 unspecified atom stereocenters. The summed E-state index contributed by atoms with van der Waals surface area (Å²) in [7, 11) is 2.18. The molecule has 1 saturated heterocycles. The van der Waals surface area contributed by atoms with Crippen molar-refractivity contribution in [1.29, 1.82) is 0 Å². The van der Waals surface area contributed by atoms with Crippen LogP contribution in [0.5, 0.6) is 0 Å². The van der Waals surface area contributed by atoms with E-state index in [9.17, 15) is 9.59 Å². The van der Waals surface area contributed by atoms with E-state index in [0.717, 1.165) is 52.0 Å². The maximum atomic E-state index is 11.6. The second kappa shape index (κ2) is 27.7. The van der Waals surface area contributed by atoms with E-state index in [1.54, 1.807) is 5.57 Å². The van der Waals surface area contributed by atoms with Crippen molar-refractivity contribution >= 4 is 12.2 Å². The van der Waals surface area contributed by atoms with Gasteiger partial charge in [-0.2, -0.15) is 0 Å². The smallest absolute Gasteiger partial charge is 0.407 e. The maximum Gasteiger partial charge on any atom is 0.407 e. The van der Waals surface area contributed by atoms with Gasteiger partial charge in [-0.25, -0.2) is 9.59 Å². The number of carbonyl (C=O) groups excluding carboxylic acids is 2. The zero-order chi connectivity index (χ0) is 36.2. The maximum absolute atomic E-state index is 11.6. The molecule has 49 heavy (non-hydrogen) atoms. The van der Waals surface area contributed by atoms with E-state index < -0.39 is 23.4 Å². The number of hydrogen-bond acceptors (Lipinski definition) is 12. The van der Waals surface area contributed by atoms with Crippen molar-refractivity contribution in [3.05, 3.63) is 11.6 Å². The zero-order valence-corrected chi connectivity index (χ0v) is 31.6. The molecular weight excluding hydrogens is 636 g/mol. The summed E-state index contributed by atoms with van der Waals surface area (Å²) in [5.74, 6) is 0. The van der Waals surface area contributed by atoms with E-state index in [2.05, 4.69) is 33.6 Å². The summed E-state index contributed by atoms with van der Waals surface area (Å²) in [6.07, 6.45) is 4.85. The third-order valence-electron chi connectivity index (χ3n) is 6.93. The summed E-state index contributed by atoms with van der Waals surface area (Å²) in [5.41, 5.74) is 0.531. The number of ether oxygens (including phenoxy) is 8. The van der Waals surface area contributed by atoms with E-state index in [-0.39, 0.29) is 0 Å². The largest absolute Gasteiger partial charge is 0.444 e. The van der Waals surface area contributed by atoms with Crippen molar-refractivity contribution in [2.24, 2.45) is 0 Å². The SMILES string of the molecule is CN1CCC(=CCCN(CCOCCOCCOCCNC(=O)OC(C)(C)C)CCOCCOCCOCCNC(=O)OC(C)(C)C)CC1. The van der Waals surface area contributed by atoms with Crippen LogP contribution in [0.25, 0.3) is 0 Å². The Morgan fingerprint density at radius 3 is 1.37 bits per heavy atom. The third kappa shape index (κ3) is 30.5. The molecule has 1 rings (SSSR count). The first-order chi connectivity index (χ1) is 23.3. The van der Waals surface area contributed by atoms with Crippen LogP contribution in [0.3, 0.4) is 0 Å². The van der Waals surface area contributed by atoms with Gasteiger partial charge in [0, 0.05) is 45.8 Å². The Kier molecular flexibility index (Phi) is 25.4. The van der Waals surface area contributed by atoms with Crippen molar-refractivity contribution in [2.45, 2.75) is 72.0 Å². The molecule has 2 N–H and O–H groups in total. The number of likely N-dealkylation sites (tertiary alicyclic amines) is 1. The zero-order valence-electron chi connectivity index (χ0n) is 31.6. The first-order valence-electron chi connectivity index (χ1n) is 17.8. The van der Waals surface area contributed by atoms with Gasteiger partial charge in [0.25, 0.3) is 0 Å². The minimum Gasteiger partial charge on any atom is -0.444 e. The average Bonchev–Trinajstić information content (AvgIpc) is 3.01. The number of carbonyl (C=O) groups is 2. The van der Waals surface area contributed by atoms with Crippen LogP contribution in [0.2, 0.25) is 0 Å². The van der Waals surface area contributed by atoms with Crippen LogP contribution in [-0.2, 0) is 37.9 Å². The van der Waals surface area contributed by atoms with Crippen LogP contribution in [0.15, 0.2) is 11.6 Å². The number of nitrogens with zero attached hydrogens (tertiary/aromatic N) is 2. The lowest BCUT2D eigenvalue weighted by atomic mass is 10.0. The Bertz CT molecular complexity index is 817. The monoisotopic (exact) mass is 704 g/mol. The Labute approximate surface area is 295 Å². The molecule has 1 aliphatic heterocycles. The fraction of sp³-hybridized carbons (Fsp3) is 0.886. The second-order valence-corrected chi connectivity index (χ2v) is 13.8. The summed E-state index contributed by atoms with van der Waals surface area (Å²) in [4.78, 5) is 28.0. The molecule has 288 valence electrons. The highest BCUT2D eigenvalue weighted by Gasteiger charge is 2.16. The molecule has 0 aliphatic carbocycles. The number of amides is 2. The van der Waals surface area contributed by atoms with Gasteiger partial charge in [-0.05, 0) is 67.9 Å². The predicted molar refractivity (Wildman–Crippen MR) is 189 cm³/mol. The van der Waals surface area contributed by atoms with Crippen LogP contribution in [0, 0.1) is 0 Å². The summed E-state index contributed by atoms with van der Waals surface area (Å²) < 4.78 is 44.2. The molecule has 0 spiro atoms. The number of rotatable bonds is 27. The van der Waals surface area contributed by atoms with Gasteiger partial charge < -0.3 is 53.4 Å². The van der Waals surface area contributed by atoms with Crippen LogP contribution < -0.4 is 10.6 Å². The van der Waals surface area contributed by atoms with Crippen molar-refractivity contribution in [3.63, 3.8) is 0 Å². The molecule has 0 saturated carbocycles. The van der Waals surface area contributed by atoms with E-state index in [4.69, 9.17) is 37.9 Å². The van der Waals surface area contributed by atoms with E-state index in [1.165, 1.54) is 0 Å². The molecule has 1 heterocycles. The Balaban J connectivity index is 2.12.